The van der Waals surface area contributed by atoms with Gasteiger partial charge in [0.25, 0.3) is 0 Å². The van der Waals surface area contributed by atoms with Gasteiger partial charge >= 0.3 is 11.9 Å². The minimum absolute atomic E-state index is 0.220. The van der Waals surface area contributed by atoms with Crippen LogP contribution < -0.4 is 16.3 Å². The molecular weight excluding hydrogens is 318 g/mol. The molecule has 24 heavy (non-hydrogen) atoms. The van der Waals surface area contributed by atoms with E-state index < -0.39 is 41.4 Å². The zero-order chi connectivity index (χ0) is 18.5. The van der Waals surface area contributed by atoms with Crippen molar-refractivity contribution in [3.05, 3.63) is 12.1 Å². The van der Waals surface area contributed by atoms with Gasteiger partial charge in [0.2, 0.25) is 11.8 Å². The number of ether oxygens (including phenoxy) is 1. The maximum atomic E-state index is 11.8. The molecule has 0 fully saturated rings. The summed E-state index contributed by atoms with van der Waals surface area (Å²) in [5, 5.41) is 18.8. The van der Waals surface area contributed by atoms with Gasteiger partial charge in [-0.2, -0.15) is 0 Å². The first kappa shape index (κ1) is 19.8. The number of aromatic hydroxyl groups is 2. The monoisotopic (exact) mass is 343 g/mol. The Bertz CT molecular complexity index is 559. The molecule has 0 aliphatic heterocycles. The lowest BCUT2D eigenvalue weighted by molar-refractivity contribution is -0.156. The second-order valence-corrected chi connectivity index (χ2v) is 6.43. The minimum atomic E-state index is -0.989. The summed E-state index contributed by atoms with van der Waals surface area (Å²) >= 11 is 0. The number of esters is 1. The Morgan fingerprint density at radius 1 is 1.08 bits per heavy atom. The van der Waals surface area contributed by atoms with Crippen molar-refractivity contribution in [2.75, 3.05) is 0 Å². The predicted molar refractivity (Wildman–Crippen MR) is 85.0 cm³/mol. The van der Waals surface area contributed by atoms with Crippen LogP contribution in [0, 0.1) is 0 Å². The first-order chi connectivity index (χ1) is 11.0. The molecule has 1 aromatic rings. The molecular formula is C15H25N3O6. The number of rotatable bonds is 7. The molecule has 1 aromatic heterocycles. The summed E-state index contributed by atoms with van der Waals surface area (Å²) in [4.78, 5) is 28.3. The third kappa shape index (κ3) is 6.09. The standard InChI is InChI=1S/C15H25N3O6/c1-15(2,3)23-13(21)9(16)5-4-6-10(17)14(22)24-18-11(19)7-8-12(18)20/h7-10,19-20H,4-6,16-17H2,1-3H3/t9?,10-/m0/s1. The second-order valence-electron chi connectivity index (χ2n) is 6.43. The number of aromatic nitrogens is 1. The summed E-state index contributed by atoms with van der Waals surface area (Å²) in [7, 11) is 0. The predicted octanol–water partition coefficient (Wildman–Crippen LogP) is 0.0211. The molecule has 0 saturated heterocycles. The normalized spacial score (nSPS) is 14.0. The molecule has 2 atom stereocenters. The number of hydrogen-bond donors (Lipinski definition) is 4. The average molecular weight is 343 g/mol. The van der Waals surface area contributed by atoms with Gasteiger partial charge in [0.15, 0.2) is 0 Å². The quantitative estimate of drug-likeness (QED) is 0.506. The lowest BCUT2D eigenvalue weighted by atomic mass is 10.1. The van der Waals surface area contributed by atoms with Gasteiger partial charge < -0.3 is 31.3 Å². The topological polar surface area (TPSA) is 150 Å². The van der Waals surface area contributed by atoms with Gasteiger partial charge in [-0.1, -0.05) is 0 Å². The molecule has 0 amide bonds. The second kappa shape index (κ2) is 8.02. The molecule has 1 unspecified atom stereocenters. The van der Waals surface area contributed by atoms with E-state index in [1.54, 1.807) is 20.8 Å². The third-order valence-electron chi connectivity index (χ3n) is 3.02. The first-order valence-corrected chi connectivity index (χ1v) is 7.57. The SMILES string of the molecule is CC(C)(C)OC(=O)C(N)CCC[C@H](N)C(=O)On1c(O)ccc1O. The number of nitrogens with zero attached hydrogens (tertiary/aromatic N) is 1. The molecule has 0 aliphatic carbocycles. The largest absolute Gasteiger partial charge is 0.492 e. The molecule has 6 N–H and O–H groups in total. The number of nitrogens with two attached hydrogens (primary N) is 2. The summed E-state index contributed by atoms with van der Waals surface area (Å²) in [6, 6.07) is 0.532. The lowest BCUT2D eigenvalue weighted by Gasteiger charge is -2.22. The van der Waals surface area contributed by atoms with E-state index in [1.807, 2.05) is 0 Å². The highest BCUT2D eigenvalue weighted by Gasteiger charge is 2.23. The van der Waals surface area contributed by atoms with Crippen molar-refractivity contribution in [1.29, 1.82) is 0 Å². The number of hydrogen-bond acceptors (Lipinski definition) is 8. The van der Waals surface area contributed by atoms with Crippen LogP contribution in [0.3, 0.4) is 0 Å². The fraction of sp³-hybridized carbons (Fsp3) is 0.600. The lowest BCUT2D eigenvalue weighted by Crippen LogP contribution is -2.39. The van der Waals surface area contributed by atoms with Crippen LogP contribution in [0.25, 0.3) is 0 Å². The van der Waals surface area contributed by atoms with Crippen molar-refractivity contribution in [2.45, 2.75) is 57.7 Å². The molecule has 136 valence electrons. The highest BCUT2D eigenvalue weighted by atomic mass is 16.7. The Kier molecular flexibility index (Phi) is 6.61. The fourth-order valence-corrected chi connectivity index (χ4v) is 1.82. The average Bonchev–Trinajstić information content (AvgIpc) is 2.76. The molecule has 1 rings (SSSR count). The maximum Gasteiger partial charge on any atom is 0.349 e. The van der Waals surface area contributed by atoms with E-state index >= 15 is 0 Å². The smallest absolute Gasteiger partial charge is 0.349 e. The van der Waals surface area contributed by atoms with E-state index in [9.17, 15) is 19.8 Å². The fourth-order valence-electron chi connectivity index (χ4n) is 1.82. The van der Waals surface area contributed by atoms with Crippen LogP contribution in [0.2, 0.25) is 0 Å². The van der Waals surface area contributed by atoms with Gasteiger partial charge in [-0.25, -0.2) is 4.79 Å². The van der Waals surface area contributed by atoms with Crippen LogP contribution in [-0.4, -0.2) is 44.6 Å². The molecule has 0 saturated carbocycles. The Hall–Kier alpha value is -2.26. The van der Waals surface area contributed by atoms with Gasteiger partial charge in [-0.05, 0) is 40.0 Å². The van der Waals surface area contributed by atoms with E-state index in [0.29, 0.717) is 17.6 Å². The van der Waals surface area contributed by atoms with E-state index in [4.69, 9.17) is 21.0 Å². The maximum absolute atomic E-state index is 11.8. The van der Waals surface area contributed by atoms with Crippen molar-refractivity contribution in [3.63, 3.8) is 0 Å². The summed E-state index contributed by atoms with van der Waals surface area (Å²) in [5.74, 6) is -2.21. The molecule has 0 radical (unpaired) electrons. The zero-order valence-electron chi connectivity index (χ0n) is 14.1. The molecule has 0 spiro atoms. The van der Waals surface area contributed by atoms with E-state index in [1.165, 1.54) is 0 Å². The summed E-state index contributed by atoms with van der Waals surface area (Å²) in [5.41, 5.74) is 10.8. The van der Waals surface area contributed by atoms with Crippen molar-refractivity contribution in [3.8, 4) is 11.8 Å². The van der Waals surface area contributed by atoms with Crippen molar-refractivity contribution >= 4 is 11.9 Å². The number of carbonyl (C=O) groups is 2. The van der Waals surface area contributed by atoms with Crippen LogP contribution in [-0.2, 0) is 14.3 Å². The van der Waals surface area contributed by atoms with E-state index in [-0.39, 0.29) is 6.42 Å². The summed E-state index contributed by atoms with van der Waals surface area (Å²) < 4.78 is 5.72. The molecule has 0 bridgehead atoms. The zero-order valence-corrected chi connectivity index (χ0v) is 14.1. The minimum Gasteiger partial charge on any atom is -0.492 e. The van der Waals surface area contributed by atoms with E-state index in [0.717, 1.165) is 12.1 Å². The van der Waals surface area contributed by atoms with Crippen LogP contribution in [0.4, 0.5) is 0 Å². The number of carbonyl (C=O) groups excluding carboxylic acids is 2. The molecule has 0 aromatic carbocycles. The Balaban J connectivity index is 2.39. The Morgan fingerprint density at radius 3 is 2.00 bits per heavy atom. The van der Waals surface area contributed by atoms with E-state index in [2.05, 4.69) is 0 Å². The Labute approximate surface area is 140 Å². The summed E-state index contributed by atoms with van der Waals surface area (Å²) in [6.45, 7) is 5.24. The highest BCUT2D eigenvalue weighted by Crippen LogP contribution is 2.19. The van der Waals surface area contributed by atoms with Crippen molar-refractivity contribution in [1.82, 2.24) is 4.73 Å². The molecule has 9 heteroatoms. The van der Waals surface area contributed by atoms with Gasteiger partial charge in [0, 0.05) is 12.1 Å². The van der Waals surface area contributed by atoms with Gasteiger partial charge in [0.1, 0.15) is 17.7 Å². The molecule has 1 heterocycles. The van der Waals surface area contributed by atoms with Gasteiger partial charge in [0.05, 0.1) is 0 Å². The molecule has 0 aliphatic rings. The van der Waals surface area contributed by atoms with Crippen LogP contribution in [0.15, 0.2) is 12.1 Å². The summed E-state index contributed by atoms with van der Waals surface area (Å²) in [6.07, 6.45) is 0.925. The van der Waals surface area contributed by atoms with Gasteiger partial charge in [-0.15, -0.1) is 4.73 Å². The van der Waals surface area contributed by atoms with Crippen LogP contribution in [0.1, 0.15) is 40.0 Å². The third-order valence-corrected chi connectivity index (χ3v) is 3.02. The Morgan fingerprint density at radius 2 is 1.54 bits per heavy atom. The first-order valence-electron chi connectivity index (χ1n) is 7.57. The van der Waals surface area contributed by atoms with Crippen LogP contribution in [0.5, 0.6) is 11.8 Å². The van der Waals surface area contributed by atoms with Gasteiger partial charge in [-0.3, -0.25) is 4.79 Å². The van der Waals surface area contributed by atoms with Crippen LogP contribution >= 0.6 is 0 Å². The highest BCUT2D eigenvalue weighted by molar-refractivity contribution is 5.76. The van der Waals surface area contributed by atoms with Crippen molar-refractivity contribution in [2.24, 2.45) is 11.5 Å². The van der Waals surface area contributed by atoms with Crippen molar-refractivity contribution < 1.29 is 29.4 Å². The molecule has 9 nitrogen and oxygen atoms in total.